The Morgan fingerprint density at radius 3 is 2.31 bits per heavy atom. The summed E-state index contributed by atoms with van der Waals surface area (Å²) in [5.41, 5.74) is 12.6. The van der Waals surface area contributed by atoms with Gasteiger partial charge in [0, 0.05) is 51.0 Å². The van der Waals surface area contributed by atoms with Gasteiger partial charge in [-0.2, -0.15) is 0 Å². The fraction of sp³-hybridized carbons (Fsp3) is 0.635. The minimum atomic E-state index is -0.995. The van der Waals surface area contributed by atoms with Crippen LogP contribution in [0.1, 0.15) is 118 Å². The molecule has 3 saturated heterocycles. The standard InChI is InChI=1S/C52H80N8O12/c1-32(2)47(60-45(62)13-9-8-10-24-53)49(65)59-42(12-11-25-55-50(54)66)48(64)57-39-19-17-38(18-20-39)30-68-51(67)56-29-41-28-52(31-69-52)27-40(72-41)21-14-33(3)15-22-44-34(4)26-43(36(6)71-44)58-46(63)23-16-35(5)70-37(7)61/h14-21,23,32,34-36,40-44,47H,8-13,22,24-31,53H2,1-7H3,(H,56,67)(H,57,64)(H,58,63)(H,59,65)(H,60,62)(H3,54,55,66). The van der Waals surface area contributed by atoms with Gasteiger partial charge in [0.05, 0.1) is 42.7 Å². The molecular formula is C52H80N8O12. The summed E-state index contributed by atoms with van der Waals surface area (Å²) in [7, 11) is 0. The third-order valence-electron chi connectivity index (χ3n) is 12.8. The molecule has 72 heavy (non-hydrogen) atoms. The number of amides is 7. The van der Waals surface area contributed by atoms with Crippen molar-refractivity contribution in [3.05, 3.63) is 65.8 Å². The number of anilines is 1. The topological polar surface area (TPSA) is 293 Å². The van der Waals surface area contributed by atoms with E-state index in [9.17, 15) is 33.6 Å². The predicted octanol–water partition coefficient (Wildman–Crippen LogP) is 4.46. The van der Waals surface area contributed by atoms with Crippen LogP contribution < -0.4 is 43.4 Å². The van der Waals surface area contributed by atoms with E-state index in [0.717, 1.165) is 24.8 Å². The van der Waals surface area contributed by atoms with Crippen LogP contribution in [0.25, 0.3) is 0 Å². The molecule has 0 saturated carbocycles. The monoisotopic (exact) mass is 1010 g/mol. The number of benzene rings is 1. The first kappa shape index (κ1) is 58.7. The minimum Gasteiger partial charge on any atom is -0.459 e. The van der Waals surface area contributed by atoms with Gasteiger partial charge >= 0.3 is 18.1 Å². The Morgan fingerprint density at radius 2 is 1.64 bits per heavy atom. The number of urea groups is 1. The van der Waals surface area contributed by atoms with E-state index in [4.69, 9.17) is 35.2 Å². The number of ether oxygens (including phenoxy) is 5. The number of hydrogen-bond acceptors (Lipinski definition) is 13. The Labute approximate surface area is 424 Å². The van der Waals surface area contributed by atoms with Crippen LogP contribution in [0.4, 0.5) is 15.3 Å². The molecule has 3 aliphatic heterocycles. The number of nitrogens with two attached hydrogens (primary N) is 2. The summed E-state index contributed by atoms with van der Waals surface area (Å²) < 4.78 is 29.1. The van der Waals surface area contributed by atoms with Gasteiger partial charge in [0.25, 0.3) is 0 Å². The lowest BCUT2D eigenvalue weighted by molar-refractivity contribution is -0.143. The third-order valence-corrected chi connectivity index (χ3v) is 12.8. The average Bonchev–Trinajstić information content (AvgIpc) is 4.07. The first-order valence-corrected chi connectivity index (χ1v) is 25.3. The second kappa shape index (κ2) is 29.6. The van der Waals surface area contributed by atoms with E-state index >= 15 is 0 Å². The summed E-state index contributed by atoms with van der Waals surface area (Å²) in [5.74, 6) is -1.99. The molecule has 4 rings (SSSR count). The molecule has 1 spiro atoms. The molecule has 1 aromatic rings. The second-order valence-electron chi connectivity index (χ2n) is 19.6. The lowest BCUT2D eigenvalue weighted by atomic mass is 9.88. The van der Waals surface area contributed by atoms with Gasteiger partial charge in [0.1, 0.15) is 24.8 Å². The highest BCUT2D eigenvalue weighted by Crippen LogP contribution is 2.42. The maximum atomic E-state index is 13.5. The molecule has 3 heterocycles. The van der Waals surface area contributed by atoms with E-state index in [-0.39, 0.29) is 92.2 Å². The molecular weight excluding hydrogens is 929 g/mol. The molecule has 0 aliphatic carbocycles. The fourth-order valence-corrected chi connectivity index (χ4v) is 8.62. The van der Waals surface area contributed by atoms with Crippen LogP contribution in [0.5, 0.6) is 0 Å². The molecule has 400 valence electrons. The van der Waals surface area contributed by atoms with Crippen molar-refractivity contribution in [3.8, 4) is 0 Å². The van der Waals surface area contributed by atoms with Crippen molar-refractivity contribution in [1.82, 2.24) is 26.6 Å². The van der Waals surface area contributed by atoms with Crippen molar-refractivity contribution in [1.29, 1.82) is 0 Å². The third kappa shape index (κ3) is 21.5. The molecule has 0 aromatic heterocycles. The van der Waals surface area contributed by atoms with Gasteiger partial charge in [0.15, 0.2) is 0 Å². The van der Waals surface area contributed by atoms with Crippen LogP contribution in [-0.2, 0) is 54.3 Å². The quantitative estimate of drug-likeness (QED) is 0.0199. The summed E-state index contributed by atoms with van der Waals surface area (Å²) in [5, 5.41) is 16.7. The van der Waals surface area contributed by atoms with Gasteiger partial charge in [-0.25, -0.2) is 9.59 Å². The largest absolute Gasteiger partial charge is 0.459 e. The number of alkyl carbamates (subject to hydrolysis) is 1. The molecule has 10 unspecified atom stereocenters. The number of unbranched alkanes of at least 4 members (excludes halogenated alkanes) is 2. The highest BCUT2D eigenvalue weighted by molar-refractivity contribution is 5.98. The van der Waals surface area contributed by atoms with E-state index in [1.165, 1.54) is 13.0 Å². The number of epoxide rings is 1. The Hall–Kier alpha value is -5.83. The smallest absolute Gasteiger partial charge is 0.407 e. The molecule has 10 N–H and O–H groups in total. The van der Waals surface area contributed by atoms with Gasteiger partial charge < -0.3 is 67.1 Å². The van der Waals surface area contributed by atoms with Crippen molar-refractivity contribution >= 4 is 47.4 Å². The summed E-state index contributed by atoms with van der Waals surface area (Å²) in [6.45, 7) is 14.3. The Balaban J connectivity index is 1.22. The Kier molecular flexibility index (Phi) is 24.2. The molecule has 3 fully saturated rings. The number of allylic oxidation sites excluding steroid dienone is 2. The van der Waals surface area contributed by atoms with Gasteiger partial charge in [0.2, 0.25) is 23.6 Å². The minimum absolute atomic E-state index is 0.0155. The summed E-state index contributed by atoms with van der Waals surface area (Å²) >= 11 is 0. The van der Waals surface area contributed by atoms with Crippen molar-refractivity contribution < 1.29 is 57.2 Å². The number of primary amides is 1. The SMILES string of the molecule is CC(=O)OC(C)C=CC(=O)NC1CC(C)C(CC=C(C)C=CC2CC3(CO3)CC(CNC(=O)OCc3ccc(NC(=O)C(CCCNC(N)=O)NC(=O)C(NC(=O)CCCCCN)C(C)C)cc3)O2)OC1C. The first-order chi connectivity index (χ1) is 34.2. The zero-order chi connectivity index (χ0) is 52.8. The highest BCUT2D eigenvalue weighted by atomic mass is 16.6. The summed E-state index contributed by atoms with van der Waals surface area (Å²) in [6, 6.07) is 4.00. The highest BCUT2D eigenvalue weighted by Gasteiger charge is 2.51. The van der Waals surface area contributed by atoms with Crippen molar-refractivity contribution in [2.24, 2.45) is 23.3 Å². The molecule has 20 heteroatoms. The number of carbonyl (C=O) groups is 7. The molecule has 1 aromatic carbocycles. The van der Waals surface area contributed by atoms with E-state index < -0.39 is 48.1 Å². The van der Waals surface area contributed by atoms with Crippen LogP contribution in [-0.4, -0.2) is 122 Å². The van der Waals surface area contributed by atoms with E-state index in [0.29, 0.717) is 56.5 Å². The lowest BCUT2D eigenvalue weighted by Gasteiger charge is -2.39. The maximum absolute atomic E-state index is 13.5. The van der Waals surface area contributed by atoms with E-state index in [1.807, 2.05) is 26.0 Å². The van der Waals surface area contributed by atoms with Crippen molar-refractivity contribution in [2.45, 2.75) is 174 Å². The lowest BCUT2D eigenvalue weighted by Crippen LogP contribution is -2.54. The molecule has 10 atom stereocenters. The van der Waals surface area contributed by atoms with Crippen LogP contribution in [0.3, 0.4) is 0 Å². The first-order valence-electron chi connectivity index (χ1n) is 25.3. The van der Waals surface area contributed by atoms with Gasteiger partial charge in [-0.15, -0.1) is 0 Å². The molecule has 0 bridgehead atoms. The van der Waals surface area contributed by atoms with Crippen LogP contribution in [0.15, 0.2) is 60.2 Å². The second-order valence-corrected chi connectivity index (χ2v) is 19.6. The van der Waals surface area contributed by atoms with Gasteiger partial charge in [-0.1, -0.05) is 63.1 Å². The van der Waals surface area contributed by atoms with E-state index in [1.54, 1.807) is 51.1 Å². The molecule has 3 aliphatic rings. The zero-order valence-corrected chi connectivity index (χ0v) is 43.1. The molecule has 20 nitrogen and oxygen atoms in total. The van der Waals surface area contributed by atoms with Crippen LogP contribution in [0.2, 0.25) is 0 Å². The maximum Gasteiger partial charge on any atom is 0.407 e. The summed E-state index contributed by atoms with van der Waals surface area (Å²) in [6.07, 6.45) is 13.1. The average molecular weight is 1010 g/mol. The Bertz CT molecular complexity index is 2060. The van der Waals surface area contributed by atoms with Crippen LogP contribution in [0, 0.1) is 11.8 Å². The summed E-state index contributed by atoms with van der Waals surface area (Å²) in [4.78, 5) is 87.4. The zero-order valence-electron chi connectivity index (χ0n) is 43.1. The fourth-order valence-electron chi connectivity index (χ4n) is 8.62. The number of hydrogen-bond donors (Lipinski definition) is 8. The van der Waals surface area contributed by atoms with Gasteiger partial charge in [-0.05, 0) is 101 Å². The normalized spacial score (nSPS) is 24.2. The molecule has 0 radical (unpaired) electrons. The van der Waals surface area contributed by atoms with Gasteiger partial charge in [-0.3, -0.25) is 24.0 Å². The molecule has 7 amide bonds. The number of rotatable bonds is 27. The van der Waals surface area contributed by atoms with Crippen molar-refractivity contribution in [2.75, 3.05) is 31.6 Å². The van der Waals surface area contributed by atoms with E-state index in [2.05, 4.69) is 44.9 Å². The van der Waals surface area contributed by atoms with Crippen molar-refractivity contribution in [3.63, 3.8) is 0 Å². The number of esters is 1. The number of nitrogens with one attached hydrogen (secondary N) is 6. The Morgan fingerprint density at radius 1 is 0.903 bits per heavy atom. The van der Waals surface area contributed by atoms with Crippen LogP contribution >= 0.6 is 0 Å². The number of carbonyl (C=O) groups excluding carboxylic acids is 7. The predicted molar refractivity (Wildman–Crippen MR) is 271 cm³/mol.